The standard InChI is InChI=1S/C12H17Cl2NO/c1-8(16)5-6-15-9(2)11-7-10(13)3-4-12(11)14/h3-4,7-9,15-16H,5-6H2,1-2H3. The summed E-state index contributed by atoms with van der Waals surface area (Å²) in [5, 5.41) is 13.8. The first-order chi connectivity index (χ1) is 7.50. The molecule has 0 amide bonds. The van der Waals surface area contributed by atoms with Crippen LogP contribution in [0.5, 0.6) is 0 Å². The summed E-state index contributed by atoms with van der Waals surface area (Å²) >= 11 is 12.0. The van der Waals surface area contributed by atoms with Gasteiger partial charge in [0.05, 0.1) is 6.10 Å². The Balaban J connectivity index is 2.58. The predicted molar refractivity (Wildman–Crippen MR) is 69.2 cm³/mol. The maximum Gasteiger partial charge on any atom is 0.0524 e. The normalized spacial score (nSPS) is 14.8. The summed E-state index contributed by atoms with van der Waals surface area (Å²) in [5.74, 6) is 0. The van der Waals surface area contributed by atoms with Crippen molar-refractivity contribution in [2.45, 2.75) is 32.4 Å². The van der Waals surface area contributed by atoms with Crippen LogP contribution in [0.3, 0.4) is 0 Å². The average Bonchev–Trinajstić information content (AvgIpc) is 2.21. The van der Waals surface area contributed by atoms with Crippen LogP contribution >= 0.6 is 23.2 Å². The monoisotopic (exact) mass is 261 g/mol. The Kier molecular flexibility index (Phi) is 5.56. The molecule has 0 aliphatic rings. The molecule has 0 spiro atoms. The predicted octanol–water partition coefficient (Wildman–Crippen LogP) is 3.41. The summed E-state index contributed by atoms with van der Waals surface area (Å²) in [5.41, 5.74) is 0.986. The van der Waals surface area contributed by atoms with Crippen molar-refractivity contribution in [1.29, 1.82) is 0 Å². The quantitative estimate of drug-likeness (QED) is 0.852. The Morgan fingerprint density at radius 1 is 1.31 bits per heavy atom. The molecule has 0 aromatic heterocycles. The molecule has 2 unspecified atom stereocenters. The Morgan fingerprint density at radius 3 is 2.62 bits per heavy atom. The van der Waals surface area contributed by atoms with Crippen LogP contribution in [0, 0.1) is 0 Å². The molecule has 0 aliphatic heterocycles. The molecular weight excluding hydrogens is 245 g/mol. The van der Waals surface area contributed by atoms with Gasteiger partial charge in [-0.05, 0) is 50.6 Å². The molecule has 90 valence electrons. The van der Waals surface area contributed by atoms with Crippen LogP contribution in [0.2, 0.25) is 10.0 Å². The van der Waals surface area contributed by atoms with Crippen LogP contribution in [0.25, 0.3) is 0 Å². The van der Waals surface area contributed by atoms with Crippen LogP contribution < -0.4 is 5.32 Å². The van der Waals surface area contributed by atoms with Crippen molar-refractivity contribution in [3.05, 3.63) is 33.8 Å². The third kappa shape index (κ3) is 4.30. The van der Waals surface area contributed by atoms with Crippen LogP contribution in [0.15, 0.2) is 18.2 Å². The zero-order valence-corrected chi connectivity index (χ0v) is 11.0. The largest absolute Gasteiger partial charge is 0.393 e. The zero-order chi connectivity index (χ0) is 12.1. The van der Waals surface area contributed by atoms with E-state index in [-0.39, 0.29) is 12.1 Å². The maximum absolute atomic E-state index is 9.15. The Morgan fingerprint density at radius 2 is 2.00 bits per heavy atom. The van der Waals surface area contributed by atoms with E-state index < -0.39 is 0 Å². The number of nitrogens with one attached hydrogen (secondary N) is 1. The molecule has 0 radical (unpaired) electrons. The molecule has 0 aliphatic carbocycles. The molecule has 0 saturated heterocycles. The van der Waals surface area contributed by atoms with E-state index in [1.165, 1.54) is 0 Å². The van der Waals surface area contributed by atoms with Gasteiger partial charge in [-0.2, -0.15) is 0 Å². The van der Waals surface area contributed by atoms with Crippen molar-refractivity contribution < 1.29 is 5.11 Å². The molecule has 0 heterocycles. The molecule has 0 fully saturated rings. The molecule has 1 aromatic carbocycles. The third-order valence-electron chi connectivity index (χ3n) is 2.44. The Bertz CT molecular complexity index is 342. The highest BCUT2D eigenvalue weighted by Gasteiger charge is 2.09. The van der Waals surface area contributed by atoms with E-state index in [2.05, 4.69) is 5.32 Å². The molecule has 1 aromatic rings. The lowest BCUT2D eigenvalue weighted by Gasteiger charge is -2.16. The van der Waals surface area contributed by atoms with Crippen molar-refractivity contribution in [2.75, 3.05) is 6.54 Å². The Labute approximate surface area is 107 Å². The van der Waals surface area contributed by atoms with Gasteiger partial charge in [-0.1, -0.05) is 23.2 Å². The second-order valence-corrected chi connectivity index (χ2v) is 4.82. The van der Waals surface area contributed by atoms with Crippen molar-refractivity contribution in [3.8, 4) is 0 Å². The second-order valence-electron chi connectivity index (χ2n) is 3.98. The molecule has 0 bridgehead atoms. The number of aliphatic hydroxyl groups excluding tert-OH is 1. The number of aliphatic hydroxyl groups is 1. The first-order valence-electron chi connectivity index (χ1n) is 5.37. The first-order valence-corrected chi connectivity index (χ1v) is 6.12. The number of benzene rings is 1. The molecule has 4 heteroatoms. The highest BCUT2D eigenvalue weighted by Crippen LogP contribution is 2.25. The summed E-state index contributed by atoms with van der Waals surface area (Å²) in [4.78, 5) is 0. The highest BCUT2D eigenvalue weighted by atomic mass is 35.5. The molecule has 2 N–H and O–H groups in total. The molecule has 1 rings (SSSR count). The minimum atomic E-state index is -0.283. The molecular formula is C12H17Cl2NO. The van der Waals surface area contributed by atoms with E-state index >= 15 is 0 Å². The van der Waals surface area contributed by atoms with Gasteiger partial charge in [0.2, 0.25) is 0 Å². The van der Waals surface area contributed by atoms with Gasteiger partial charge in [-0.15, -0.1) is 0 Å². The minimum Gasteiger partial charge on any atom is -0.393 e. The van der Waals surface area contributed by atoms with Crippen LogP contribution in [-0.4, -0.2) is 17.8 Å². The average molecular weight is 262 g/mol. The van der Waals surface area contributed by atoms with Gasteiger partial charge in [0.25, 0.3) is 0 Å². The summed E-state index contributed by atoms with van der Waals surface area (Å²) in [7, 11) is 0. The van der Waals surface area contributed by atoms with E-state index in [0.29, 0.717) is 10.0 Å². The van der Waals surface area contributed by atoms with Gasteiger partial charge >= 0.3 is 0 Å². The van der Waals surface area contributed by atoms with E-state index in [9.17, 15) is 0 Å². The topological polar surface area (TPSA) is 32.3 Å². The number of hydrogen-bond acceptors (Lipinski definition) is 2. The van der Waals surface area contributed by atoms with Crippen molar-refractivity contribution in [2.24, 2.45) is 0 Å². The first kappa shape index (κ1) is 13.8. The van der Waals surface area contributed by atoms with Gasteiger partial charge in [0.1, 0.15) is 0 Å². The summed E-state index contributed by atoms with van der Waals surface area (Å²) in [6.45, 7) is 4.56. The molecule has 2 atom stereocenters. The summed E-state index contributed by atoms with van der Waals surface area (Å²) < 4.78 is 0. The van der Waals surface area contributed by atoms with Crippen LogP contribution in [-0.2, 0) is 0 Å². The second kappa shape index (κ2) is 6.45. The number of hydrogen-bond donors (Lipinski definition) is 2. The maximum atomic E-state index is 9.15. The van der Waals surface area contributed by atoms with E-state index in [4.69, 9.17) is 28.3 Å². The lowest BCUT2D eigenvalue weighted by Crippen LogP contribution is -2.22. The fraction of sp³-hybridized carbons (Fsp3) is 0.500. The van der Waals surface area contributed by atoms with Crippen LogP contribution in [0.1, 0.15) is 31.9 Å². The van der Waals surface area contributed by atoms with Crippen molar-refractivity contribution >= 4 is 23.2 Å². The number of halogens is 2. The molecule has 16 heavy (non-hydrogen) atoms. The SMILES string of the molecule is CC(O)CCNC(C)c1cc(Cl)ccc1Cl. The smallest absolute Gasteiger partial charge is 0.0524 e. The lowest BCUT2D eigenvalue weighted by molar-refractivity contribution is 0.182. The molecule has 2 nitrogen and oxygen atoms in total. The third-order valence-corrected chi connectivity index (χ3v) is 3.02. The van der Waals surface area contributed by atoms with Gasteiger partial charge < -0.3 is 10.4 Å². The van der Waals surface area contributed by atoms with Gasteiger partial charge in [-0.25, -0.2) is 0 Å². The van der Waals surface area contributed by atoms with Gasteiger partial charge in [0, 0.05) is 16.1 Å². The fourth-order valence-corrected chi connectivity index (χ4v) is 1.93. The van der Waals surface area contributed by atoms with Crippen LogP contribution in [0.4, 0.5) is 0 Å². The van der Waals surface area contributed by atoms with Crippen molar-refractivity contribution in [3.63, 3.8) is 0 Å². The summed E-state index contributed by atoms with van der Waals surface area (Å²) in [6, 6.07) is 5.57. The van der Waals surface area contributed by atoms with E-state index in [1.54, 1.807) is 19.1 Å². The number of rotatable bonds is 5. The fourth-order valence-electron chi connectivity index (χ4n) is 1.47. The van der Waals surface area contributed by atoms with Crippen molar-refractivity contribution in [1.82, 2.24) is 5.32 Å². The van der Waals surface area contributed by atoms with E-state index in [1.807, 2.05) is 13.0 Å². The zero-order valence-electron chi connectivity index (χ0n) is 9.50. The van der Waals surface area contributed by atoms with Gasteiger partial charge in [0.15, 0.2) is 0 Å². The lowest BCUT2D eigenvalue weighted by atomic mass is 10.1. The van der Waals surface area contributed by atoms with Gasteiger partial charge in [-0.3, -0.25) is 0 Å². The van der Waals surface area contributed by atoms with E-state index in [0.717, 1.165) is 18.5 Å². The Hall–Kier alpha value is -0.280. The summed E-state index contributed by atoms with van der Waals surface area (Å²) in [6.07, 6.45) is 0.442. The highest BCUT2D eigenvalue weighted by molar-refractivity contribution is 6.33. The minimum absolute atomic E-state index is 0.130. The molecule has 0 saturated carbocycles.